The molecule has 0 aliphatic rings. The highest BCUT2D eigenvalue weighted by Crippen LogP contribution is 2.28. The minimum Gasteiger partial charge on any atom is -0.423 e. The average Bonchev–Trinajstić information content (AvgIpc) is 2.16. The molecule has 78 valence electrons. The van der Waals surface area contributed by atoms with Gasteiger partial charge in [0.15, 0.2) is 0 Å². The quantitative estimate of drug-likeness (QED) is 0.574. The molecule has 0 spiro atoms. The van der Waals surface area contributed by atoms with Crippen LogP contribution in [0.25, 0.3) is 11.0 Å². The van der Waals surface area contributed by atoms with E-state index >= 15 is 0 Å². The van der Waals surface area contributed by atoms with Crippen LogP contribution in [0, 0.1) is 0 Å². The summed E-state index contributed by atoms with van der Waals surface area (Å²) in [6.45, 7) is 4.21. The van der Waals surface area contributed by atoms with E-state index in [-0.39, 0.29) is 5.63 Å². The first kappa shape index (κ1) is 10.3. The molecule has 3 heteroatoms. The van der Waals surface area contributed by atoms with E-state index in [1.165, 1.54) is 0 Å². The first-order valence-electron chi connectivity index (χ1n) is 4.86. The molecule has 2 nitrogen and oxygen atoms in total. The van der Waals surface area contributed by atoms with Gasteiger partial charge in [-0.3, -0.25) is 0 Å². The Labute approximate surface area is 92.3 Å². The lowest BCUT2D eigenvalue weighted by Crippen LogP contribution is -1.98. The molecule has 0 unspecified atom stereocenters. The summed E-state index contributed by atoms with van der Waals surface area (Å²) in [6, 6.07) is 9.18. The Kier molecular flexibility index (Phi) is 2.82. The minimum absolute atomic E-state index is 0.281. The summed E-state index contributed by atoms with van der Waals surface area (Å²) in [6.07, 6.45) is 0. The molecule has 0 aliphatic heterocycles. The molecule has 2 aromatic rings. The SMILES string of the molecule is CC(C)Sc1cc(=O)oc2ccccc12. The molecular weight excluding hydrogens is 208 g/mol. The summed E-state index contributed by atoms with van der Waals surface area (Å²) in [5.41, 5.74) is 0.380. The van der Waals surface area contributed by atoms with Crippen molar-refractivity contribution >= 4 is 22.7 Å². The molecule has 2 rings (SSSR count). The zero-order valence-electron chi connectivity index (χ0n) is 8.69. The van der Waals surface area contributed by atoms with Crippen molar-refractivity contribution in [2.75, 3.05) is 0 Å². The van der Waals surface area contributed by atoms with Crippen LogP contribution in [0.3, 0.4) is 0 Å². The van der Waals surface area contributed by atoms with E-state index in [1.807, 2.05) is 24.3 Å². The zero-order valence-corrected chi connectivity index (χ0v) is 9.51. The number of hydrogen-bond acceptors (Lipinski definition) is 3. The van der Waals surface area contributed by atoms with Gasteiger partial charge in [-0.2, -0.15) is 0 Å². The predicted molar refractivity (Wildman–Crippen MR) is 63.5 cm³/mol. The van der Waals surface area contributed by atoms with Crippen molar-refractivity contribution in [3.63, 3.8) is 0 Å². The normalized spacial score (nSPS) is 11.1. The standard InChI is InChI=1S/C12H12O2S/c1-8(2)15-11-7-12(13)14-10-6-4-3-5-9(10)11/h3-8H,1-2H3. The van der Waals surface area contributed by atoms with Crippen LogP contribution in [0.1, 0.15) is 13.8 Å². The summed E-state index contributed by atoms with van der Waals surface area (Å²) in [5, 5.41) is 1.46. The summed E-state index contributed by atoms with van der Waals surface area (Å²) >= 11 is 1.68. The molecule has 0 saturated carbocycles. The molecule has 0 radical (unpaired) electrons. The molecule has 0 bridgehead atoms. The number of para-hydroxylation sites is 1. The Morgan fingerprint density at radius 2 is 2.00 bits per heavy atom. The molecule has 0 N–H and O–H groups in total. The third kappa shape index (κ3) is 2.23. The Morgan fingerprint density at radius 1 is 1.27 bits per heavy atom. The van der Waals surface area contributed by atoms with Gasteiger partial charge in [0.05, 0.1) is 0 Å². The van der Waals surface area contributed by atoms with Crippen LogP contribution in [-0.2, 0) is 0 Å². The maximum Gasteiger partial charge on any atom is 0.337 e. The van der Waals surface area contributed by atoms with E-state index in [2.05, 4.69) is 13.8 Å². The molecule has 0 fully saturated rings. The lowest BCUT2D eigenvalue weighted by molar-refractivity contribution is 0.557. The Balaban J connectivity index is 2.66. The maximum atomic E-state index is 11.3. The van der Waals surface area contributed by atoms with Crippen molar-refractivity contribution < 1.29 is 4.42 Å². The third-order valence-electron chi connectivity index (χ3n) is 1.97. The average molecular weight is 220 g/mol. The second kappa shape index (κ2) is 4.11. The highest BCUT2D eigenvalue weighted by Gasteiger charge is 2.06. The topological polar surface area (TPSA) is 30.2 Å². The molecule has 1 aromatic carbocycles. The highest BCUT2D eigenvalue weighted by atomic mass is 32.2. The number of benzene rings is 1. The van der Waals surface area contributed by atoms with Gasteiger partial charge < -0.3 is 4.42 Å². The number of hydrogen-bond donors (Lipinski definition) is 0. The fourth-order valence-electron chi connectivity index (χ4n) is 1.43. The molecule has 0 aliphatic carbocycles. The van der Waals surface area contributed by atoms with Crippen molar-refractivity contribution in [2.45, 2.75) is 24.0 Å². The van der Waals surface area contributed by atoms with Gasteiger partial charge in [0.25, 0.3) is 0 Å². The van der Waals surface area contributed by atoms with E-state index in [4.69, 9.17) is 4.42 Å². The second-order valence-electron chi connectivity index (χ2n) is 3.59. The Bertz CT molecular complexity index is 528. The van der Waals surface area contributed by atoms with Gasteiger partial charge in [-0.25, -0.2) is 4.79 Å². The minimum atomic E-state index is -0.281. The van der Waals surface area contributed by atoms with Crippen LogP contribution in [0.5, 0.6) is 0 Å². The molecule has 15 heavy (non-hydrogen) atoms. The first-order chi connectivity index (χ1) is 7.16. The van der Waals surface area contributed by atoms with Gasteiger partial charge in [-0.15, -0.1) is 11.8 Å². The molecule has 1 aromatic heterocycles. The zero-order chi connectivity index (χ0) is 10.8. The van der Waals surface area contributed by atoms with Crippen molar-refractivity contribution in [2.24, 2.45) is 0 Å². The van der Waals surface area contributed by atoms with Gasteiger partial charge in [0.1, 0.15) is 5.58 Å². The fourth-order valence-corrected chi connectivity index (χ4v) is 2.40. The lowest BCUT2D eigenvalue weighted by atomic mass is 10.2. The monoisotopic (exact) mass is 220 g/mol. The highest BCUT2D eigenvalue weighted by molar-refractivity contribution is 8.00. The third-order valence-corrected chi connectivity index (χ3v) is 3.04. The van der Waals surface area contributed by atoms with E-state index in [0.717, 1.165) is 10.3 Å². The van der Waals surface area contributed by atoms with Gasteiger partial charge >= 0.3 is 5.63 Å². The Morgan fingerprint density at radius 3 is 2.73 bits per heavy atom. The second-order valence-corrected chi connectivity index (χ2v) is 5.21. The van der Waals surface area contributed by atoms with Crippen molar-refractivity contribution in [1.29, 1.82) is 0 Å². The van der Waals surface area contributed by atoms with Crippen LogP contribution in [-0.4, -0.2) is 5.25 Å². The van der Waals surface area contributed by atoms with Crippen LogP contribution >= 0.6 is 11.8 Å². The summed E-state index contributed by atoms with van der Waals surface area (Å²) < 4.78 is 5.11. The van der Waals surface area contributed by atoms with E-state index in [9.17, 15) is 4.79 Å². The molecule has 0 atom stereocenters. The van der Waals surface area contributed by atoms with Crippen molar-refractivity contribution in [1.82, 2.24) is 0 Å². The van der Waals surface area contributed by atoms with E-state index in [1.54, 1.807) is 17.8 Å². The van der Waals surface area contributed by atoms with Gasteiger partial charge in [0, 0.05) is 21.6 Å². The van der Waals surface area contributed by atoms with Gasteiger partial charge in [-0.05, 0) is 6.07 Å². The Hall–Kier alpha value is -1.22. The molecular formula is C12H12O2S. The number of fused-ring (bicyclic) bond motifs is 1. The fraction of sp³-hybridized carbons (Fsp3) is 0.250. The lowest BCUT2D eigenvalue weighted by Gasteiger charge is -2.06. The maximum absolute atomic E-state index is 11.3. The number of thioether (sulfide) groups is 1. The largest absolute Gasteiger partial charge is 0.423 e. The molecule has 1 heterocycles. The smallest absolute Gasteiger partial charge is 0.337 e. The van der Waals surface area contributed by atoms with Gasteiger partial charge in [0.2, 0.25) is 0 Å². The van der Waals surface area contributed by atoms with E-state index in [0.29, 0.717) is 10.8 Å². The van der Waals surface area contributed by atoms with Crippen LogP contribution in [0.2, 0.25) is 0 Å². The first-order valence-corrected chi connectivity index (χ1v) is 5.74. The van der Waals surface area contributed by atoms with Crippen molar-refractivity contribution in [3.8, 4) is 0 Å². The summed E-state index contributed by atoms with van der Waals surface area (Å²) in [7, 11) is 0. The predicted octanol–water partition coefficient (Wildman–Crippen LogP) is 3.29. The van der Waals surface area contributed by atoms with Crippen LogP contribution in [0.15, 0.2) is 44.4 Å². The molecule has 0 amide bonds. The molecule has 0 saturated heterocycles. The van der Waals surface area contributed by atoms with Crippen LogP contribution < -0.4 is 5.63 Å². The van der Waals surface area contributed by atoms with Gasteiger partial charge in [-0.1, -0.05) is 32.0 Å². The summed E-state index contributed by atoms with van der Waals surface area (Å²) in [5.74, 6) is 0. The van der Waals surface area contributed by atoms with E-state index < -0.39 is 0 Å². The summed E-state index contributed by atoms with van der Waals surface area (Å²) in [4.78, 5) is 12.3. The van der Waals surface area contributed by atoms with Crippen LogP contribution in [0.4, 0.5) is 0 Å². The number of rotatable bonds is 2. The van der Waals surface area contributed by atoms with Crippen molar-refractivity contribution in [3.05, 3.63) is 40.8 Å².